The highest BCUT2D eigenvalue weighted by Gasteiger charge is 2.23. The van der Waals surface area contributed by atoms with Gasteiger partial charge >= 0.3 is 0 Å². The summed E-state index contributed by atoms with van der Waals surface area (Å²) in [6, 6.07) is 6.61. The van der Waals surface area contributed by atoms with Crippen molar-refractivity contribution in [3.05, 3.63) is 23.9 Å². The van der Waals surface area contributed by atoms with Crippen molar-refractivity contribution in [2.45, 2.75) is 52.0 Å². The molecule has 1 unspecified atom stereocenters. The molecule has 19 heavy (non-hydrogen) atoms. The van der Waals surface area contributed by atoms with Crippen LogP contribution < -0.4 is 4.90 Å². The Balaban J connectivity index is 2.07. The number of anilines is 1. The van der Waals surface area contributed by atoms with Gasteiger partial charge in [-0.2, -0.15) is 5.26 Å². The molecule has 0 aromatic carbocycles. The van der Waals surface area contributed by atoms with Crippen molar-refractivity contribution >= 4 is 5.82 Å². The third-order valence-electron chi connectivity index (χ3n) is 3.88. The minimum absolute atomic E-state index is 0.622. The molecule has 102 valence electrons. The van der Waals surface area contributed by atoms with E-state index in [1.807, 2.05) is 12.1 Å². The molecule has 0 amide bonds. The van der Waals surface area contributed by atoms with Gasteiger partial charge in [-0.25, -0.2) is 4.98 Å². The van der Waals surface area contributed by atoms with Crippen LogP contribution in [0.4, 0.5) is 5.82 Å². The molecule has 1 aliphatic heterocycles. The predicted octanol–water partition coefficient (Wildman–Crippen LogP) is 3.75. The van der Waals surface area contributed by atoms with Crippen LogP contribution in [0.1, 0.15) is 51.5 Å². The Morgan fingerprint density at radius 3 is 2.89 bits per heavy atom. The number of pyridine rings is 1. The highest BCUT2D eigenvalue weighted by atomic mass is 15.2. The first kappa shape index (κ1) is 13.9. The number of nitrogens with zero attached hydrogens (tertiary/aromatic N) is 3. The van der Waals surface area contributed by atoms with Gasteiger partial charge in [0.25, 0.3) is 0 Å². The minimum Gasteiger partial charge on any atom is -0.354 e. The van der Waals surface area contributed by atoms with Gasteiger partial charge in [-0.05, 0) is 50.2 Å². The average Bonchev–Trinajstić information content (AvgIpc) is 2.45. The number of aromatic nitrogens is 1. The summed E-state index contributed by atoms with van der Waals surface area (Å²) < 4.78 is 0. The summed E-state index contributed by atoms with van der Waals surface area (Å²) >= 11 is 0. The van der Waals surface area contributed by atoms with E-state index in [1.165, 1.54) is 32.1 Å². The topological polar surface area (TPSA) is 39.9 Å². The fraction of sp³-hybridized carbons (Fsp3) is 0.625. The Morgan fingerprint density at radius 1 is 1.42 bits per heavy atom. The largest absolute Gasteiger partial charge is 0.354 e. The normalized spacial score (nSPS) is 19.5. The quantitative estimate of drug-likeness (QED) is 0.824. The maximum atomic E-state index is 8.83. The van der Waals surface area contributed by atoms with Crippen LogP contribution in [0.2, 0.25) is 0 Å². The number of hydrogen-bond donors (Lipinski definition) is 0. The fourth-order valence-corrected chi connectivity index (χ4v) is 2.75. The number of nitriles is 1. The molecule has 0 saturated carbocycles. The molecule has 0 spiro atoms. The van der Waals surface area contributed by atoms with Crippen LogP contribution >= 0.6 is 0 Å². The summed E-state index contributed by atoms with van der Waals surface area (Å²) in [4.78, 5) is 6.89. The molecule has 1 aromatic rings. The van der Waals surface area contributed by atoms with Crippen LogP contribution in [-0.2, 0) is 0 Å². The van der Waals surface area contributed by atoms with Crippen LogP contribution in [-0.4, -0.2) is 17.6 Å². The van der Waals surface area contributed by atoms with Crippen LogP contribution in [0.15, 0.2) is 18.3 Å². The lowest BCUT2D eigenvalue weighted by Gasteiger charge is -2.37. The monoisotopic (exact) mass is 257 g/mol. The first-order chi connectivity index (χ1) is 9.20. The van der Waals surface area contributed by atoms with Gasteiger partial charge in [0.1, 0.15) is 11.9 Å². The van der Waals surface area contributed by atoms with E-state index in [1.54, 1.807) is 6.20 Å². The van der Waals surface area contributed by atoms with Crippen molar-refractivity contribution in [2.75, 3.05) is 11.4 Å². The summed E-state index contributed by atoms with van der Waals surface area (Å²) in [6.07, 6.45) is 8.06. The molecular weight excluding hydrogens is 234 g/mol. The summed E-state index contributed by atoms with van der Waals surface area (Å²) in [5.74, 6) is 1.80. The molecular formula is C16H23N3. The molecule has 1 atom stereocenters. The molecule has 2 heterocycles. The smallest absolute Gasteiger partial charge is 0.128 e. The maximum absolute atomic E-state index is 8.83. The van der Waals surface area contributed by atoms with E-state index in [2.05, 4.69) is 29.8 Å². The molecule has 3 heteroatoms. The second kappa shape index (κ2) is 6.56. The van der Waals surface area contributed by atoms with Gasteiger partial charge < -0.3 is 4.90 Å². The van der Waals surface area contributed by atoms with E-state index in [4.69, 9.17) is 5.26 Å². The van der Waals surface area contributed by atoms with Crippen molar-refractivity contribution in [3.8, 4) is 6.07 Å². The Morgan fingerprint density at radius 2 is 2.26 bits per heavy atom. The molecule has 0 aliphatic carbocycles. The third kappa shape index (κ3) is 3.70. The van der Waals surface area contributed by atoms with E-state index in [0.717, 1.165) is 18.3 Å². The SMILES string of the molecule is CC(C)CCC1CCCCN1c1ccc(C#N)cn1. The fourth-order valence-electron chi connectivity index (χ4n) is 2.75. The number of piperidine rings is 1. The van der Waals surface area contributed by atoms with Crippen LogP contribution in [0.3, 0.4) is 0 Å². The van der Waals surface area contributed by atoms with Crippen molar-refractivity contribution in [3.63, 3.8) is 0 Å². The molecule has 0 N–H and O–H groups in total. The Bertz CT molecular complexity index is 430. The molecule has 1 fully saturated rings. The van der Waals surface area contributed by atoms with Gasteiger partial charge in [-0.15, -0.1) is 0 Å². The Labute approximate surface area is 116 Å². The summed E-state index contributed by atoms with van der Waals surface area (Å²) in [5.41, 5.74) is 0.638. The number of hydrogen-bond acceptors (Lipinski definition) is 3. The predicted molar refractivity (Wildman–Crippen MR) is 78.0 cm³/mol. The molecule has 1 saturated heterocycles. The lowest BCUT2D eigenvalue weighted by Crippen LogP contribution is -2.40. The van der Waals surface area contributed by atoms with E-state index >= 15 is 0 Å². The first-order valence-corrected chi connectivity index (χ1v) is 7.33. The average molecular weight is 257 g/mol. The Kier molecular flexibility index (Phi) is 4.79. The van der Waals surface area contributed by atoms with Crippen molar-refractivity contribution in [2.24, 2.45) is 5.92 Å². The van der Waals surface area contributed by atoms with Gasteiger partial charge in [0.15, 0.2) is 0 Å². The van der Waals surface area contributed by atoms with Crippen LogP contribution in [0.25, 0.3) is 0 Å². The second-order valence-corrected chi connectivity index (χ2v) is 5.83. The van der Waals surface area contributed by atoms with E-state index in [-0.39, 0.29) is 0 Å². The van der Waals surface area contributed by atoms with Crippen molar-refractivity contribution < 1.29 is 0 Å². The zero-order chi connectivity index (χ0) is 13.7. The van der Waals surface area contributed by atoms with E-state index in [9.17, 15) is 0 Å². The van der Waals surface area contributed by atoms with Gasteiger partial charge in [0.2, 0.25) is 0 Å². The standard InChI is InChI=1S/C16H23N3/c1-13(2)6-8-15-5-3-4-10-19(15)16-9-7-14(11-17)12-18-16/h7,9,12-13,15H,3-6,8,10H2,1-2H3. The van der Waals surface area contributed by atoms with E-state index in [0.29, 0.717) is 11.6 Å². The second-order valence-electron chi connectivity index (χ2n) is 5.83. The zero-order valence-electron chi connectivity index (χ0n) is 12.0. The van der Waals surface area contributed by atoms with E-state index < -0.39 is 0 Å². The van der Waals surface area contributed by atoms with Gasteiger partial charge in [-0.1, -0.05) is 13.8 Å². The Hall–Kier alpha value is -1.56. The van der Waals surface area contributed by atoms with Gasteiger partial charge in [0.05, 0.1) is 5.56 Å². The highest BCUT2D eigenvalue weighted by Crippen LogP contribution is 2.26. The van der Waals surface area contributed by atoms with Gasteiger partial charge in [0, 0.05) is 18.8 Å². The minimum atomic E-state index is 0.622. The summed E-state index contributed by atoms with van der Waals surface area (Å²) in [7, 11) is 0. The molecule has 0 bridgehead atoms. The molecule has 3 nitrogen and oxygen atoms in total. The first-order valence-electron chi connectivity index (χ1n) is 7.33. The highest BCUT2D eigenvalue weighted by molar-refractivity contribution is 5.43. The van der Waals surface area contributed by atoms with Crippen molar-refractivity contribution in [1.82, 2.24) is 4.98 Å². The van der Waals surface area contributed by atoms with Crippen LogP contribution in [0, 0.1) is 17.2 Å². The lowest BCUT2D eigenvalue weighted by molar-refractivity contribution is 0.402. The number of rotatable bonds is 4. The third-order valence-corrected chi connectivity index (χ3v) is 3.88. The lowest BCUT2D eigenvalue weighted by atomic mass is 9.95. The summed E-state index contributed by atoms with van der Waals surface area (Å²) in [6.45, 7) is 5.67. The summed E-state index contributed by atoms with van der Waals surface area (Å²) in [5, 5.41) is 8.83. The molecule has 1 aromatic heterocycles. The molecule has 0 radical (unpaired) electrons. The molecule has 2 rings (SSSR count). The maximum Gasteiger partial charge on any atom is 0.128 e. The molecule has 1 aliphatic rings. The zero-order valence-corrected chi connectivity index (χ0v) is 12.0. The van der Waals surface area contributed by atoms with Crippen molar-refractivity contribution in [1.29, 1.82) is 5.26 Å². The van der Waals surface area contributed by atoms with Crippen LogP contribution in [0.5, 0.6) is 0 Å². The van der Waals surface area contributed by atoms with Gasteiger partial charge in [-0.3, -0.25) is 0 Å².